The monoisotopic (exact) mass is 157 g/mol. The lowest BCUT2D eigenvalue weighted by Gasteiger charge is -2.08. The highest BCUT2D eigenvalue weighted by atomic mass is 15.1. The smallest absolute Gasteiger partial charge is 0.0510 e. The standard InChI is InChI=1S/C8H19N3/c1-4-9-5-6-10-7-8-11(2)3/h4,10H,5-8H2,1-3H3. The molecular formula is C8H19N3. The first-order chi connectivity index (χ1) is 5.27. The molecular weight excluding hydrogens is 138 g/mol. The molecule has 0 aromatic rings. The molecule has 0 atom stereocenters. The fourth-order valence-corrected chi connectivity index (χ4v) is 0.700. The minimum Gasteiger partial charge on any atom is -0.314 e. The van der Waals surface area contributed by atoms with E-state index >= 15 is 0 Å². The molecule has 0 aliphatic carbocycles. The van der Waals surface area contributed by atoms with E-state index < -0.39 is 0 Å². The van der Waals surface area contributed by atoms with Gasteiger partial charge in [0.05, 0.1) is 6.54 Å². The van der Waals surface area contributed by atoms with Crippen LogP contribution < -0.4 is 5.32 Å². The molecule has 0 aromatic carbocycles. The first-order valence-corrected chi connectivity index (χ1v) is 4.07. The molecule has 0 saturated heterocycles. The Kier molecular flexibility index (Phi) is 7.41. The van der Waals surface area contributed by atoms with Crippen LogP contribution in [0.5, 0.6) is 0 Å². The van der Waals surface area contributed by atoms with Crippen LogP contribution in [-0.2, 0) is 0 Å². The number of nitrogens with zero attached hydrogens (tertiary/aromatic N) is 2. The molecule has 0 amide bonds. The van der Waals surface area contributed by atoms with Gasteiger partial charge in [-0.3, -0.25) is 4.99 Å². The maximum Gasteiger partial charge on any atom is 0.0510 e. The van der Waals surface area contributed by atoms with Gasteiger partial charge >= 0.3 is 0 Å². The second-order valence-corrected chi connectivity index (χ2v) is 2.72. The first-order valence-electron chi connectivity index (χ1n) is 4.07. The van der Waals surface area contributed by atoms with Gasteiger partial charge in [-0.15, -0.1) is 0 Å². The van der Waals surface area contributed by atoms with Gasteiger partial charge < -0.3 is 10.2 Å². The van der Waals surface area contributed by atoms with Crippen LogP contribution in [-0.4, -0.2) is 51.4 Å². The van der Waals surface area contributed by atoms with Crippen LogP contribution in [0.3, 0.4) is 0 Å². The van der Waals surface area contributed by atoms with Crippen LogP contribution in [0.15, 0.2) is 4.99 Å². The van der Waals surface area contributed by atoms with Gasteiger partial charge in [0.1, 0.15) is 0 Å². The fourth-order valence-electron chi connectivity index (χ4n) is 0.700. The van der Waals surface area contributed by atoms with Gasteiger partial charge in [-0.2, -0.15) is 0 Å². The number of hydrogen-bond donors (Lipinski definition) is 1. The second-order valence-electron chi connectivity index (χ2n) is 2.72. The lowest BCUT2D eigenvalue weighted by atomic mass is 10.5. The molecule has 66 valence electrons. The van der Waals surface area contributed by atoms with Crippen molar-refractivity contribution in [3.8, 4) is 0 Å². The zero-order valence-corrected chi connectivity index (χ0v) is 7.80. The molecule has 0 unspecified atom stereocenters. The van der Waals surface area contributed by atoms with E-state index in [1.54, 1.807) is 0 Å². The summed E-state index contributed by atoms with van der Waals surface area (Å²) in [6, 6.07) is 0. The van der Waals surface area contributed by atoms with Gasteiger partial charge in [0, 0.05) is 19.6 Å². The third-order valence-electron chi connectivity index (χ3n) is 1.34. The average molecular weight is 157 g/mol. The van der Waals surface area contributed by atoms with Crippen molar-refractivity contribution in [2.45, 2.75) is 6.92 Å². The fraction of sp³-hybridized carbons (Fsp3) is 0.875. The van der Waals surface area contributed by atoms with Crippen molar-refractivity contribution in [3.63, 3.8) is 0 Å². The van der Waals surface area contributed by atoms with Crippen LogP contribution in [0.2, 0.25) is 0 Å². The summed E-state index contributed by atoms with van der Waals surface area (Å²) in [4.78, 5) is 6.25. The van der Waals surface area contributed by atoms with E-state index in [0.29, 0.717) is 0 Å². The molecule has 0 bridgehead atoms. The van der Waals surface area contributed by atoms with Crippen molar-refractivity contribution < 1.29 is 0 Å². The maximum atomic E-state index is 4.09. The van der Waals surface area contributed by atoms with E-state index in [4.69, 9.17) is 0 Å². The van der Waals surface area contributed by atoms with Crippen LogP contribution >= 0.6 is 0 Å². The van der Waals surface area contributed by atoms with Crippen molar-refractivity contribution in [1.29, 1.82) is 0 Å². The largest absolute Gasteiger partial charge is 0.314 e. The lowest BCUT2D eigenvalue weighted by Crippen LogP contribution is -2.28. The van der Waals surface area contributed by atoms with Gasteiger partial charge in [-0.25, -0.2) is 0 Å². The maximum absolute atomic E-state index is 4.09. The van der Waals surface area contributed by atoms with Gasteiger partial charge in [-0.1, -0.05) is 0 Å². The predicted octanol–water partition coefficient (Wildman–Crippen LogP) is 0.228. The summed E-state index contributed by atoms with van der Waals surface area (Å²) >= 11 is 0. The Morgan fingerprint density at radius 2 is 2.09 bits per heavy atom. The highest BCUT2D eigenvalue weighted by Crippen LogP contribution is 1.71. The van der Waals surface area contributed by atoms with Gasteiger partial charge in [0.25, 0.3) is 0 Å². The van der Waals surface area contributed by atoms with Gasteiger partial charge in [0.2, 0.25) is 0 Å². The zero-order valence-electron chi connectivity index (χ0n) is 7.80. The highest BCUT2D eigenvalue weighted by molar-refractivity contribution is 5.53. The molecule has 3 nitrogen and oxygen atoms in total. The van der Waals surface area contributed by atoms with Crippen molar-refractivity contribution in [1.82, 2.24) is 10.2 Å². The third-order valence-corrected chi connectivity index (χ3v) is 1.34. The Labute approximate surface area is 69.5 Å². The summed E-state index contributed by atoms with van der Waals surface area (Å²) in [6.07, 6.45) is 1.84. The number of nitrogens with one attached hydrogen (secondary N) is 1. The number of rotatable bonds is 6. The van der Waals surface area contributed by atoms with Crippen LogP contribution in [0, 0.1) is 0 Å². The minimum absolute atomic E-state index is 0.893. The normalized spacial score (nSPS) is 11.6. The number of aliphatic imine (C=N–C) groups is 1. The van der Waals surface area contributed by atoms with E-state index in [1.165, 1.54) is 0 Å². The van der Waals surface area contributed by atoms with E-state index in [9.17, 15) is 0 Å². The van der Waals surface area contributed by atoms with E-state index in [0.717, 1.165) is 26.2 Å². The van der Waals surface area contributed by atoms with Crippen LogP contribution in [0.4, 0.5) is 0 Å². The van der Waals surface area contributed by atoms with Crippen LogP contribution in [0.25, 0.3) is 0 Å². The third kappa shape index (κ3) is 9.59. The van der Waals surface area contributed by atoms with E-state index in [-0.39, 0.29) is 0 Å². The molecule has 0 aliphatic rings. The predicted molar refractivity (Wildman–Crippen MR) is 50.5 cm³/mol. The number of hydrogen-bond acceptors (Lipinski definition) is 3. The molecule has 0 rings (SSSR count). The molecule has 11 heavy (non-hydrogen) atoms. The van der Waals surface area contributed by atoms with E-state index in [1.807, 2.05) is 13.1 Å². The van der Waals surface area contributed by atoms with Gasteiger partial charge in [-0.05, 0) is 27.2 Å². The lowest BCUT2D eigenvalue weighted by molar-refractivity contribution is 0.401. The van der Waals surface area contributed by atoms with Crippen molar-refractivity contribution in [3.05, 3.63) is 0 Å². The minimum atomic E-state index is 0.893. The van der Waals surface area contributed by atoms with Crippen LogP contribution in [0.1, 0.15) is 6.92 Å². The van der Waals surface area contributed by atoms with E-state index in [2.05, 4.69) is 29.3 Å². The zero-order chi connectivity index (χ0) is 8.53. The summed E-state index contributed by atoms with van der Waals surface area (Å²) in [5, 5.41) is 3.30. The Morgan fingerprint density at radius 3 is 2.64 bits per heavy atom. The molecule has 0 heterocycles. The Morgan fingerprint density at radius 1 is 1.36 bits per heavy atom. The summed E-state index contributed by atoms with van der Waals surface area (Å²) in [5.41, 5.74) is 0. The molecule has 1 N–H and O–H groups in total. The molecule has 0 aromatic heterocycles. The summed E-state index contributed by atoms with van der Waals surface area (Å²) in [5.74, 6) is 0. The van der Waals surface area contributed by atoms with Crippen molar-refractivity contribution in [2.24, 2.45) is 4.99 Å². The van der Waals surface area contributed by atoms with Crippen molar-refractivity contribution in [2.75, 3.05) is 40.3 Å². The highest BCUT2D eigenvalue weighted by Gasteiger charge is 1.87. The number of likely N-dealkylation sites (N-methyl/N-ethyl adjacent to an activating group) is 1. The Bertz CT molecular complexity index is 99.5. The quantitative estimate of drug-likeness (QED) is 0.441. The molecule has 0 saturated carbocycles. The Balaban J connectivity index is 2.91. The van der Waals surface area contributed by atoms with Gasteiger partial charge in [0.15, 0.2) is 0 Å². The SMILES string of the molecule is CC=NCCNCCN(C)C. The molecule has 3 heteroatoms. The molecule has 0 aliphatic heterocycles. The Hall–Kier alpha value is -0.410. The summed E-state index contributed by atoms with van der Waals surface area (Å²) in [6.45, 7) is 5.96. The molecule has 0 radical (unpaired) electrons. The summed E-state index contributed by atoms with van der Waals surface area (Å²) in [7, 11) is 4.15. The van der Waals surface area contributed by atoms with Crippen molar-refractivity contribution >= 4 is 6.21 Å². The average Bonchev–Trinajstić information content (AvgIpc) is 1.96. The molecule has 0 spiro atoms. The first kappa shape index (κ1) is 10.6. The summed E-state index contributed by atoms with van der Waals surface area (Å²) < 4.78 is 0. The second kappa shape index (κ2) is 7.69. The molecule has 0 fully saturated rings. The topological polar surface area (TPSA) is 27.6 Å².